The summed E-state index contributed by atoms with van der Waals surface area (Å²) < 4.78 is 6.28. The van der Waals surface area contributed by atoms with Crippen LogP contribution in [0.25, 0.3) is 6.08 Å². The molecule has 0 spiro atoms. The summed E-state index contributed by atoms with van der Waals surface area (Å²) in [7, 11) is 0. The largest absolute Gasteiger partial charge is 0.482 e. The average Bonchev–Trinajstić information content (AvgIpc) is 2.91. The number of fused-ring (bicyclic) bond motifs is 1. The summed E-state index contributed by atoms with van der Waals surface area (Å²) in [5, 5.41) is 0. The number of aryl methyl sites for hydroxylation is 1. The third kappa shape index (κ3) is 5.34. The van der Waals surface area contributed by atoms with Crippen molar-refractivity contribution >= 4 is 17.9 Å². The van der Waals surface area contributed by atoms with Crippen LogP contribution in [0.1, 0.15) is 59.7 Å². The molecule has 6 heteroatoms. The van der Waals surface area contributed by atoms with Crippen molar-refractivity contribution in [2.75, 3.05) is 32.7 Å². The Balaban J connectivity index is 1.32. The Bertz CT molecular complexity index is 1120. The van der Waals surface area contributed by atoms with Crippen LogP contribution in [0.2, 0.25) is 0 Å². The molecule has 2 aromatic carbocycles. The van der Waals surface area contributed by atoms with Crippen molar-refractivity contribution in [2.45, 2.75) is 58.2 Å². The van der Waals surface area contributed by atoms with Gasteiger partial charge in [-0.05, 0) is 62.1 Å². The fraction of sp³-hybridized carbons (Fsp3) is 0.467. The third-order valence-corrected chi connectivity index (χ3v) is 7.82. The number of morpholine rings is 1. The first-order valence-electron chi connectivity index (χ1n) is 13.4. The van der Waals surface area contributed by atoms with Gasteiger partial charge in [0.05, 0.1) is 6.04 Å². The molecule has 2 atom stereocenters. The van der Waals surface area contributed by atoms with Gasteiger partial charge in [0.2, 0.25) is 0 Å². The first-order valence-corrected chi connectivity index (χ1v) is 13.4. The van der Waals surface area contributed by atoms with Gasteiger partial charge in [0.15, 0.2) is 5.76 Å². The van der Waals surface area contributed by atoms with E-state index in [-0.39, 0.29) is 24.0 Å². The van der Waals surface area contributed by atoms with E-state index in [2.05, 4.69) is 43.0 Å². The minimum atomic E-state index is -0.0476. The summed E-state index contributed by atoms with van der Waals surface area (Å²) in [6.07, 6.45) is 6.09. The molecule has 3 aliphatic rings. The minimum absolute atomic E-state index is 0.0372. The fourth-order valence-corrected chi connectivity index (χ4v) is 5.69. The van der Waals surface area contributed by atoms with Gasteiger partial charge in [0.1, 0.15) is 6.10 Å². The zero-order chi connectivity index (χ0) is 25.1. The van der Waals surface area contributed by atoms with Gasteiger partial charge in [-0.3, -0.25) is 9.59 Å². The van der Waals surface area contributed by atoms with Crippen LogP contribution in [-0.4, -0.2) is 71.4 Å². The Morgan fingerprint density at radius 2 is 1.78 bits per heavy atom. The predicted octanol–water partition coefficient (Wildman–Crippen LogP) is 4.48. The normalized spacial score (nSPS) is 23.9. The zero-order valence-corrected chi connectivity index (χ0v) is 21.5. The summed E-state index contributed by atoms with van der Waals surface area (Å²) >= 11 is 0. The fourth-order valence-electron chi connectivity index (χ4n) is 5.69. The molecule has 0 radical (unpaired) electrons. The number of likely N-dealkylation sites (N-methyl/N-ethyl adjacent to an activating group) is 1. The highest BCUT2D eigenvalue weighted by molar-refractivity contribution is 5.97. The molecule has 1 saturated carbocycles. The molecule has 1 aliphatic carbocycles. The molecule has 36 heavy (non-hydrogen) atoms. The van der Waals surface area contributed by atoms with Gasteiger partial charge in [-0.25, -0.2) is 0 Å². The summed E-state index contributed by atoms with van der Waals surface area (Å²) in [6, 6.07) is 16.1. The molecule has 5 rings (SSSR count). The van der Waals surface area contributed by atoms with Crippen LogP contribution < -0.4 is 0 Å². The van der Waals surface area contributed by atoms with Crippen LogP contribution in [0.15, 0.2) is 54.3 Å². The van der Waals surface area contributed by atoms with Crippen LogP contribution in [0.3, 0.4) is 0 Å². The van der Waals surface area contributed by atoms with E-state index in [0.29, 0.717) is 17.9 Å². The molecule has 2 heterocycles. The van der Waals surface area contributed by atoms with E-state index in [1.807, 2.05) is 40.1 Å². The molecule has 2 aromatic rings. The van der Waals surface area contributed by atoms with Crippen LogP contribution in [0.5, 0.6) is 0 Å². The van der Waals surface area contributed by atoms with E-state index in [0.717, 1.165) is 69.5 Å². The van der Waals surface area contributed by atoms with Crippen LogP contribution in [0, 0.1) is 6.92 Å². The molecule has 0 N–H and O–H groups in total. The van der Waals surface area contributed by atoms with E-state index in [9.17, 15) is 9.59 Å². The number of hydrogen-bond acceptors (Lipinski definition) is 4. The van der Waals surface area contributed by atoms with Crippen molar-refractivity contribution in [3.8, 4) is 0 Å². The average molecular weight is 488 g/mol. The number of rotatable bonds is 5. The van der Waals surface area contributed by atoms with Crippen molar-refractivity contribution in [3.63, 3.8) is 0 Å². The number of carbonyl (C=O) groups excluding carboxylic acids is 2. The number of benzene rings is 2. The Labute approximate surface area is 214 Å². The highest BCUT2D eigenvalue weighted by atomic mass is 16.5. The molecule has 2 unspecified atom stereocenters. The van der Waals surface area contributed by atoms with E-state index < -0.39 is 0 Å². The molecule has 0 aromatic heterocycles. The SMILES string of the molecule is CCN1CCN(C(=O)c2ccc(/C=C3/OC4CCCCC4N(Cc4cccc(C)c4)C3=O)cc2)CC1. The molecule has 6 nitrogen and oxygen atoms in total. The smallest absolute Gasteiger partial charge is 0.289 e. The van der Waals surface area contributed by atoms with Crippen molar-refractivity contribution < 1.29 is 14.3 Å². The highest BCUT2D eigenvalue weighted by Crippen LogP contribution is 2.34. The summed E-state index contributed by atoms with van der Waals surface area (Å²) in [6.45, 7) is 9.23. The standard InChI is InChI=1S/C30H37N3O3/c1-3-31-15-17-32(18-16-31)29(34)25-13-11-23(12-14-25)20-28-30(35)33(21-24-8-6-7-22(2)19-24)26-9-4-5-10-27(26)36-28/h6-8,11-14,19-20,26-27H,3-5,9-10,15-18,21H2,1-2H3/b28-20+. The molecular formula is C30H37N3O3. The molecule has 2 saturated heterocycles. The van der Waals surface area contributed by atoms with Crippen molar-refractivity contribution in [2.24, 2.45) is 0 Å². The first-order chi connectivity index (χ1) is 17.5. The number of piperazine rings is 1. The number of carbonyl (C=O) groups is 2. The van der Waals surface area contributed by atoms with Gasteiger partial charge in [-0.1, -0.05) is 55.3 Å². The topological polar surface area (TPSA) is 53.1 Å². The molecular weight excluding hydrogens is 450 g/mol. The summed E-state index contributed by atoms with van der Waals surface area (Å²) in [5.41, 5.74) is 3.91. The van der Waals surface area contributed by atoms with Crippen molar-refractivity contribution in [1.82, 2.24) is 14.7 Å². The Morgan fingerprint density at radius 1 is 1.03 bits per heavy atom. The van der Waals surface area contributed by atoms with E-state index in [4.69, 9.17) is 4.74 Å². The van der Waals surface area contributed by atoms with Gasteiger partial charge >= 0.3 is 0 Å². The van der Waals surface area contributed by atoms with Gasteiger partial charge in [0, 0.05) is 38.3 Å². The lowest BCUT2D eigenvalue weighted by Gasteiger charge is -2.44. The number of amides is 2. The van der Waals surface area contributed by atoms with Crippen molar-refractivity contribution in [1.29, 1.82) is 0 Å². The Morgan fingerprint density at radius 3 is 2.50 bits per heavy atom. The molecule has 2 amide bonds. The van der Waals surface area contributed by atoms with Gasteiger partial charge < -0.3 is 19.4 Å². The maximum Gasteiger partial charge on any atom is 0.289 e. The Kier molecular flexibility index (Phi) is 7.42. The van der Waals surface area contributed by atoms with E-state index >= 15 is 0 Å². The summed E-state index contributed by atoms with van der Waals surface area (Å²) in [4.78, 5) is 32.8. The summed E-state index contributed by atoms with van der Waals surface area (Å²) in [5.74, 6) is 0.429. The lowest BCUT2D eigenvalue weighted by Crippen LogP contribution is -2.54. The zero-order valence-electron chi connectivity index (χ0n) is 21.5. The quantitative estimate of drug-likeness (QED) is 0.584. The van der Waals surface area contributed by atoms with E-state index in [1.165, 1.54) is 5.56 Å². The van der Waals surface area contributed by atoms with Crippen LogP contribution >= 0.6 is 0 Å². The second kappa shape index (κ2) is 10.9. The lowest BCUT2D eigenvalue weighted by molar-refractivity contribution is -0.149. The van der Waals surface area contributed by atoms with Crippen molar-refractivity contribution in [3.05, 3.63) is 76.5 Å². The number of ether oxygens (including phenoxy) is 1. The first kappa shape index (κ1) is 24.6. The number of nitrogens with zero attached hydrogens (tertiary/aromatic N) is 3. The molecule has 2 aliphatic heterocycles. The Hall–Kier alpha value is -3.12. The predicted molar refractivity (Wildman–Crippen MR) is 141 cm³/mol. The molecule has 0 bridgehead atoms. The van der Waals surface area contributed by atoms with Crippen LogP contribution in [0.4, 0.5) is 0 Å². The lowest BCUT2D eigenvalue weighted by atomic mass is 9.89. The highest BCUT2D eigenvalue weighted by Gasteiger charge is 2.41. The maximum atomic E-state index is 13.6. The molecule has 3 fully saturated rings. The van der Waals surface area contributed by atoms with Gasteiger partial charge in [-0.2, -0.15) is 0 Å². The molecule has 190 valence electrons. The van der Waals surface area contributed by atoms with Gasteiger partial charge in [0.25, 0.3) is 11.8 Å². The maximum absolute atomic E-state index is 13.6. The second-order valence-electron chi connectivity index (χ2n) is 10.3. The van der Waals surface area contributed by atoms with Crippen LogP contribution in [-0.2, 0) is 16.1 Å². The second-order valence-corrected chi connectivity index (χ2v) is 10.3. The van der Waals surface area contributed by atoms with Gasteiger partial charge in [-0.15, -0.1) is 0 Å². The van der Waals surface area contributed by atoms with E-state index in [1.54, 1.807) is 0 Å². The number of hydrogen-bond donors (Lipinski definition) is 0. The monoisotopic (exact) mass is 487 g/mol. The third-order valence-electron chi connectivity index (χ3n) is 7.82. The minimum Gasteiger partial charge on any atom is -0.482 e.